The van der Waals surface area contributed by atoms with Crippen LogP contribution in [0.3, 0.4) is 0 Å². The molecule has 0 amide bonds. The number of hydrogen-bond acceptors (Lipinski definition) is 3. The van der Waals surface area contributed by atoms with Gasteiger partial charge in [0.15, 0.2) is 10.9 Å². The maximum atomic E-state index is 13.7. The first-order chi connectivity index (χ1) is 15.1. The molecular weight excluding hydrogens is 386 g/mol. The van der Waals surface area contributed by atoms with Crippen molar-refractivity contribution < 1.29 is 0 Å². The number of aromatic nitrogens is 2. The van der Waals surface area contributed by atoms with Crippen LogP contribution in [0.4, 0.5) is 5.69 Å². The molecule has 5 heteroatoms. The number of aromatic amines is 2. The highest BCUT2D eigenvalue weighted by atomic mass is 16.1. The Hall–Kier alpha value is -3.60. The molecule has 0 bridgehead atoms. The number of nitrogens with zero attached hydrogens (tertiary/aromatic N) is 1. The Labute approximate surface area is 179 Å². The molecule has 0 aliphatic carbocycles. The predicted molar refractivity (Wildman–Crippen MR) is 131 cm³/mol. The molecule has 0 saturated carbocycles. The zero-order valence-electron chi connectivity index (χ0n) is 18.0. The molecule has 0 unspecified atom stereocenters. The van der Waals surface area contributed by atoms with Gasteiger partial charge in [-0.3, -0.25) is 9.59 Å². The molecule has 0 radical (unpaired) electrons. The molecule has 156 valence electrons. The Balaban J connectivity index is 2.06. The molecule has 0 atom stereocenters. The SMILES string of the molecule is CCc1ccc2c(=O)c3c(N(CC)CC)c4[nH]c5ccccc5c(=O)c4cc3[nH]c2c1. The van der Waals surface area contributed by atoms with Crippen molar-refractivity contribution in [2.24, 2.45) is 0 Å². The fourth-order valence-corrected chi connectivity index (χ4v) is 4.62. The minimum atomic E-state index is -0.0251. The van der Waals surface area contributed by atoms with E-state index in [0.29, 0.717) is 27.1 Å². The second-order valence-corrected chi connectivity index (χ2v) is 7.93. The minimum absolute atomic E-state index is 0.00999. The first kappa shape index (κ1) is 19.4. The van der Waals surface area contributed by atoms with Crippen molar-refractivity contribution in [1.29, 1.82) is 0 Å². The van der Waals surface area contributed by atoms with Crippen LogP contribution in [0.1, 0.15) is 26.3 Å². The number of hydrogen-bond donors (Lipinski definition) is 2. The number of benzene rings is 3. The van der Waals surface area contributed by atoms with Gasteiger partial charge in [0.1, 0.15) is 0 Å². The lowest BCUT2D eigenvalue weighted by atomic mass is 10.0. The number of para-hydroxylation sites is 1. The summed E-state index contributed by atoms with van der Waals surface area (Å²) >= 11 is 0. The van der Waals surface area contributed by atoms with Crippen LogP contribution < -0.4 is 15.8 Å². The largest absolute Gasteiger partial charge is 0.370 e. The van der Waals surface area contributed by atoms with Crippen molar-refractivity contribution in [2.75, 3.05) is 18.0 Å². The van der Waals surface area contributed by atoms with Gasteiger partial charge in [0, 0.05) is 29.4 Å². The zero-order chi connectivity index (χ0) is 21.7. The molecule has 2 heterocycles. The van der Waals surface area contributed by atoms with Crippen LogP contribution in [0.25, 0.3) is 43.6 Å². The molecule has 0 aliphatic heterocycles. The smallest absolute Gasteiger partial charge is 0.199 e. The number of rotatable bonds is 4. The van der Waals surface area contributed by atoms with Crippen molar-refractivity contribution in [3.05, 3.63) is 74.5 Å². The first-order valence-corrected chi connectivity index (χ1v) is 10.9. The lowest BCUT2D eigenvalue weighted by Crippen LogP contribution is -2.25. The summed E-state index contributed by atoms with van der Waals surface area (Å²) < 4.78 is 0. The lowest BCUT2D eigenvalue weighted by Gasteiger charge is -2.24. The molecule has 0 spiro atoms. The highest BCUT2D eigenvalue weighted by molar-refractivity contribution is 6.13. The van der Waals surface area contributed by atoms with Crippen LogP contribution in [0.15, 0.2) is 58.1 Å². The van der Waals surface area contributed by atoms with E-state index in [4.69, 9.17) is 0 Å². The second kappa shape index (κ2) is 7.27. The van der Waals surface area contributed by atoms with Gasteiger partial charge in [0.2, 0.25) is 0 Å². The number of nitrogens with one attached hydrogen (secondary N) is 2. The Morgan fingerprint density at radius 3 is 2.23 bits per heavy atom. The average molecular weight is 412 g/mol. The standard InChI is InChI=1S/C26H25N3O2/c1-4-15-11-12-17-20(13-15)27-21-14-18-23(24(22(21)26(17)31)29(5-2)6-3)28-19-10-8-7-9-16(19)25(18)30/h7-14H,4-6H2,1-3H3,(H,27,31)(H,28,30). The summed E-state index contributed by atoms with van der Waals surface area (Å²) in [5.74, 6) is 0. The number of pyridine rings is 2. The van der Waals surface area contributed by atoms with E-state index in [1.807, 2.05) is 48.5 Å². The van der Waals surface area contributed by atoms with Gasteiger partial charge in [-0.25, -0.2) is 0 Å². The third-order valence-electron chi connectivity index (χ3n) is 6.29. The Kier molecular flexibility index (Phi) is 4.54. The Morgan fingerprint density at radius 1 is 0.742 bits per heavy atom. The van der Waals surface area contributed by atoms with Gasteiger partial charge in [-0.1, -0.05) is 25.1 Å². The summed E-state index contributed by atoms with van der Waals surface area (Å²) in [6, 6.07) is 15.3. The highest BCUT2D eigenvalue weighted by Crippen LogP contribution is 2.33. The van der Waals surface area contributed by atoms with E-state index >= 15 is 0 Å². The summed E-state index contributed by atoms with van der Waals surface area (Å²) in [6.07, 6.45) is 0.893. The Morgan fingerprint density at radius 2 is 1.48 bits per heavy atom. The van der Waals surface area contributed by atoms with Crippen LogP contribution in [-0.4, -0.2) is 23.1 Å². The number of anilines is 1. The summed E-state index contributed by atoms with van der Waals surface area (Å²) in [6.45, 7) is 7.68. The normalized spacial score (nSPS) is 11.7. The van der Waals surface area contributed by atoms with Crippen molar-refractivity contribution in [1.82, 2.24) is 9.97 Å². The molecular formula is C26H25N3O2. The average Bonchev–Trinajstić information content (AvgIpc) is 2.80. The fourth-order valence-electron chi connectivity index (χ4n) is 4.62. The van der Waals surface area contributed by atoms with Crippen molar-refractivity contribution in [2.45, 2.75) is 27.2 Å². The number of aryl methyl sites for hydroxylation is 1. The van der Waals surface area contributed by atoms with Crippen LogP contribution in [0, 0.1) is 0 Å². The van der Waals surface area contributed by atoms with Crippen molar-refractivity contribution in [3.63, 3.8) is 0 Å². The third-order valence-corrected chi connectivity index (χ3v) is 6.29. The van der Waals surface area contributed by atoms with Crippen molar-refractivity contribution >= 4 is 49.3 Å². The zero-order valence-corrected chi connectivity index (χ0v) is 18.0. The van der Waals surface area contributed by atoms with E-state index in [1.54, 1.807) is 0 Å². The van der Waals surface area contributed by atoms with E-state index in [9.17, 15) is 9.59 Å². The van der Waals surface area contributed by atoms with Gasteiger partial charge in [-0.2, -0.15) is 0 Å². The van der Waals surface area contributed by atoms with Crippen LogP contribution in [0.2, 0.25) is 0 Å². The fraction of sp³-hybridized carbons (Fsp3) is 0.231. The van der Waals surface area contributed by atoms with E-state index < -0.39 is 0 Å². The molecule has 0 fully saturated rings. The van der Waals surface area contributed by atoms with E-state index in [0.717, 1.165) is 47.3 Å². The predicted octanol–water partition coefficient (Wildman–Crippen LogP) is 5.08. The van der Waals surface area contributed by atoms with Gasteiger partial charge < -0.3 is 14.9 Å². The first-order valence-electron chi connectivity index (χ1n) is 10.9. The third kappa shape index (κ3) is 2.84. The van der Waals surface area contributed by atoms with Gasteiger partial charge >= 0.3 is 0 Å². The molecule has 5 nitrogen and oxygen atoms in total. The molecule has 0 saturated heterocycles. The van der Waals surface area contributed by atoms with Gasteiger partial charge in [-0.05, 0) is 56.2 Å². The summed E-state index contributed by atoms with van der Waals surface area (Å²) in [7, 11) is 0. The van der Waals surface area contributed by atoms with Gasteiger partial charge in [0.25, 0.3) is 0 Å². The van der Waals surface area contributed by atoms with E-state index in [2.05, 4.69) is 35.6 Å². The molecule has 31 heavy (non-hydrogen) atoms. The lowest BCUT2D eigenvalue weighted by molar-refractivity contribution is 0.873. The summed E-state index contributed by atoms with van der Waals surface area (Å²) in [4.78, 5) is 36.2. The molecule has 5 rings (SSSR count). The highest BCUT2D eigenvalue weighted by Gasteiger charge is 2.20. The summed E-state index contributed by atoms with van der Waals surface area (Å²) in [5, 5.41) is 2.53. The number of H-pyrrole nitrogens is 2. The topological polar surface area (TPSA) is 69.0 Å². The Bertz CT molecular complexity index is 1590. The minimum Gasteiger partial charge on any atom is -0.370 e. The molecule has 3 aromatic carbocycles. The quantitative estimate of drug-likeness (QED) is 0.405. The van der Waals surface area contributed by atoms with Crippen molar-refractivity contribution in [3.8, 4) is 0 Å². The molecule has 5 aromatic rings. The van der Waals surface area contributed by atoms with Gasteiger partial charge in [-0.15, -0.1) is 0 Å². The maximum absolute atomic E-state index is 13.7. The van der Waals surface area contributed by atoms with E-state index in [-0.39, 0.29) is 10.9 Å². The number of fused-ring (bicyclic) bond motifs is 4. The monoisotopic (exact) mass is 411 g/mol. The molecule has 0 aliphatic rings. The van der Waals surface area contributed by atoms with Crippen LogP contribution in [-0.2, 0) is 6.42 Å². The molecule has 2 N–H and O–H groups in total. The van der Waals surface area contributed by atoms with Crippen LogP contribution in [0.5, 0.6) is 0 Å². The van der Waals surface area contributed by atoms with Gasteiger partial charge in [0.05, 0.1) is 33.0 Å². The van der Waals surface area contributed by atoms with Crippen LogP contribution >= 0.6 is 0 Å². The molecule has 2 aromatic heterocycles. The van der Waals surface area contributed by atoms with E-state index in [1.165, 1.54) is 0 Å². The maximum Gasteiger partial charge on any atom is 0.199 e. The second-order valence-electron chi connectivity index (χ2n) is 7.93. The summed E-state index contributed by atoms with van der Waals surface area (Å²) in [5.41, 5.74) is 4.92.